The largest absolute Gasteiger partial charge is 0.508 e. The third kappa shape index (κ3) is 2.87. The van der Waals surface area contributed by atoms with E-state index in [2.05, 4.69) is 21.2 Å². The number of halogens is 1. The fourth-order valence-electron chi connectivity index (χ4n) is 1.43. The molecule has 0 fully saturated rings. The Kier molecular flexibility index (Phi) is 3.64. The van der Waals surface area contributed by atoms with Gasteiger partial charge in [0.15, 0.2) is 0 Å². The quantitative estimate of drug-likeness (QED) is 0.906. The summed E-state index contributed by atoms with van der Waals surface area (Å²) in [4.78, 5) is 0. The van der Waals surface area contributed by atoms with Crippen molar-refractivity contribution >= 4 is 15.9 Å². The van der Waals surface area contributed by atoms with E-state index in [1.807, 2.05) is 18.2 Å². The van der Waals surface area contributed by atoms with Crippen molar-refractivity contribution in [3.63, 3.8) is 0 Å². The van der Waals surface area contributed by atoms with Crippen molar-refractivity contribution in [2.24, 2.45) is 0 Å². The highest BCUT2D eigenvalue weighted by Gasteiger charge is 2.01. The van der Waals surface area contributed by atoms with E-state index in [-0.39, 0.29) is 0 Å². The number of hydrogen-bond donors (Lipinski definition) is 2. The molecule has 0 radical (unpaired) electrons. The van der Waals surface area contributed by atoms with Gasteiger partial charge in [-0.1, -0.05) is 15.9 Å². The van der Waals surface area contributed by atoms with Gasteiger partial charge in [0.1, 0.15) is 5.75 Å². The molecular formula is C12H12BrNO2. The van der Waals surface area contributed by atoms with Crippen LogP contribution in [0.3, 0.4) is 0 Å². The summed E-state index contributed by atoms with van der Waals surface area (Å²) < 4.78 is 5.93. The first-order valence-corrected chi connectivity index (χ1v) is 5.74. The van der Waals surface area contributed by atoms with Gasteiger partial charge in [0, 0.05) is 28.7 Å². The summed E-state index contributed by atoms with van der Waals surface area (Å²) in [5, 5.41) is 12.8. The Morgan fingerprint density at radius 3 is 2.88 bits per heavy atom. The average Bonchev–Trinajstić information content (AvgIpc) is 2.76. The Bertz CT molecular complexity index is 454. The molecule has 2 N–H and O–H groups in total. The number of benzene rings is 1. The van der Waals surface area contributed by atoms with Crippen LogP contribution >= 0.6 is 15.9 Å². The molecule has 0 atom stereocenters. The Labute approximate surface area is 102 Å². The van der Waals surface area contributed by atoms with Gasteiger partial charge >= 0.3 is 0 Å². The lowest BCUT2D eigenvalue weighted by Crippen LogP contribution is -2.12. The Hall–Kier alpha value is -1.26. The summed E-state index contributed by atoms with van der Waals surface area (Å²) in [6.07, 6.45) is 3.35. The second kappa shape index (κ2) is 5.18. The van der Waals surface area contributed by atoms with Gasteiger partial charge in [-0.3, -0.25) is 0 Å². The molecule has 0 spiro atoms. The molecule has 1 aromatic heterocycles. The highest BCUT2D eigenvalue weighted by atomic mass is 79.9. The van der Waals surface area contributed by atoms with E-state index in [1.54, 1.807) is 18.6 Å². The fraction of sp³-hybridized carbons (Fsp3) is 0.167. The maximum absolute atomic E-state index is 9.61. The van der Waals surface area contributed by atoms with E-state index < -0.39 is 0 Å². The van der Waals surface area contributed by atoms with Crippen molar-refractivity contribution in [3.8, 4) is 5.75 Å². The summed E-state index contributed by atoms with van der Waals surface area (Å²) >= 11 is 3.37. The molecule has 84 valence electrons. The van der Waals surface area contributed by atoms with Gasteiger partial charge in [-0.15, -0.1) is 0 Å². The molecule has 1 heterocycles. The first-order valence-electron chi connectivity index (χ1n) is 4.95. The van der Waals surface area contributed by atoms with E-state index in [1.165, 1.54) is 0 Å². The Morgan fingerprint density at radius 1 is 1.25 bits per heavy atom. The normalized spacial score (nSPS) is 10.6. The number of aromatic hydroxyl groups is 1. The van der Waals surface area contributed by atoms with Crippen LogP contribution in [0.1, 0.15) is 11.1 Å². The van der Waals surface area contributed by atoms with Crippen molar-refractivity contribution in [1.29, 1.82) is 0 Å². The minimum absolute atomic E-state index is 0.308. The third-order valence-electron chi connectivity index (χ3n) is 2.27. The molecule has 0 aliphatic rings. The zero-order valence-corrected chi connectivity index (χ0v) is 10.2. The topological polar surface area (TPSA) is 45.4 Å². The maximum atomic E-state index is 9.61. The molecule has 4 heteroatoms. The van der Waals surface area contributed by atoms with Gasteiger partial charge in [0.2, 0.25) is 0 Å². The lowest BCUT2D eigenvalue weighted by atomic mass is 10.2. The van der Waals surface area contributed by atoms with E-state index in [4.69, 9.17) is 4.42 Å². The monoisotopic (exact) mass is 281 g/mol. The average molecular weight is 282 g/mol. The lowest BCUT2D eigenvalue weighted by Gasteiger charge is -2.06. The van der Waals surface area contributed by atoms with E-state index >= 15 is 0 Å². The van der Waals surface area contributed by atoms with Crippen LogP contribution in [0.5, 0.6) is 5.75 Å². The zero-order valence-electron chi connectivity index (χ0n) is 8.61. The van der Waals surface area contributed by atoms with Gasteiger partial charge in [0.25, 0.3) is 0 Å². The molecule has 0 aliphatic carbocycles. The van der Waals surface area contributed by atoms with E-state index in [0.29, 0.717) is 12.3 Å². The van der Waals surface area contributed by atoms with Crippen molar-refractivity contribution in [1.82, 2.24) is 5.32 Å². The van der Waals surface area contributed by atoms with Crippen LogP contribution in [0.4, 0.5) is 0 Å². The first-order chi connectivity index (χ1) is 7.75. The standard InChI is InChI=1S/C12H12BrNO2/c13-11-1-2-12(15)10(5-11)7-14-6-9-3-4-16-8-9/h1-5,8,14-15H,6-7H2. The molecule has 1 aromatic carbocycles. The summed E-state index contributed by atoms with van der Waals surface area (Å²) in [7, 11) is 0. The van der Waals surface area contributed by atoms with Crippen LogP contribution in [0, 0.1) is 0 Å². The van der Waals surface area contributed by atoms with Crippen molar-refractivity contribution < 1.29 is 9.52 Å². The van der Waals surface area contributed by atoms with Crippen molar-refractivity contribution in [2.75, 3.05) is 0 Å². The number of phenolic OH excluding ortho intramolecular Hbond substituents is 1. The van der Waals surface area contributed by atoms with Crippen LogP contribution < -0.4 is 5.32 Å². The third-order valence-corrected chi connectivity index (χ3v) is 2.76. The highest BCUT2D eigenvalue weighted by Crippen LogP contribution is 2.21. The second-order valence-corrected chi connectivity index (χ2v) is 4.42. The van der Waals surface area contributed by atoms with Gasteiger partial charge in [0.05, 0.1) is 12.5 Å². The second-order valence-electron chi connectivity index (χ2n) is 3.51. The molecule has 16 heavy (non-hydrogen) atoms. The smallest absolute Gasteiger partial charge is 0.120 e. The predicted molar refractivity (Wildman–Crippen MR) is 65.1 cm³/mol. The van der Waals surface area contributed by atoms with Gasteiger partial charge in [-0.25, -0.2) is 0 Å². The van der Waals surface area contributed by atoms with Crippen LogP contribution in [0.2, 0.25) is 0 Å². The van der Waals surface area contributed by atoms with Crippen molar-refractivity contribution in [3.05, 3.63) is 52.4 Å². The van der Waals surface area contributed by atoms with Gasteiger partial charge in [-0.05, 0) is 24.3 Å². The van der Waals surface area contributed by atoms with E-state index in [0.717, 1.165) is 22.1 Å². The summed E-state index contributed by atoms with van der Waals surface area (Å²) in [5.74, 6) is 0.308. The Balaban J connectivity index is 1.92. The van der Waals surface area contributed by atoms with Gasteiger partial charge in [-0.2, -0.15) is 0 Å². The minimum atomic E-state index is 0.308. The molecule has 0 amide bonds. The SMILES string of the molecule is Oc1ccc(Br)cc1CNCc1ccoc1. The molecule has 2 rings (SSSR count). The summed E-state index contributed by atoms with van der Waals surface area (Å²) in [5.41, 5.74) is 1.97. The molecule has 2 aromatic rings. The maximum Gasteiger partial charge on any atom is 0.120 e. The molecule has 0 saturated heterocycles. The predicted octanol–water partition coefficient (Wildman–Crippen LogP) is 3.04. The van der Waals surface area contributed by atoms with Crippen molar-refractivity contribution in [2.45, 2.75) is 13.1 Å². The summed E-state index contributed by atoms with van der Waals surface area (Å²) in [6.45, 7) is 1.35. The number of nitrogens with one attached hydrogen (secondary N) is 1. The molecule has 0 bridgehead atoms. The van der Waals surface area contributed by atoms with E-state index in [9.17, 15) is 5.11 Å². The zero-order chi connectivity index (χ0) is 11.4. The number of rotatable bonds is 4. The van der Waals surface area contributed by atoms with Gasteiger partial charge < -0.3 is 14.8 Å². The minimum Gasteiger partial charge on any atom is -0.508 e. The summed E-state index contributed by atoms with van der Waals surface area (Å²) in [6, 6.07) is 7.30. The number of phenols is 1. The molecule has 0 saturated carbocycles. The van der Waals surface area contributed by atoms with Crippen LogP contribution in [0.25, 0.3) is 0 Å². The lowest BCUT2D eigenvalue weighted by molar-refractivity contribution is 0.464. The molecule has 0 aliphatic heterocycles. The number of hydrogen-bond acceptors (Lipinski definition) is 3. The number of furan rings is 1. The molecular weight excluding hydrogens is 270 g/mol. The Morgan fingerprint density at radius 2 is 2.12 bits per heavy atom. The first kappa shape index (κ1) is 11.2. The fourth-order valence-corrected chi connectivity index (χ4v) is 1.84. The molecule has 0 unspecified atom stereocenters. The van der Waals surface area contributed by atoms with Crippen LogP contribution in [0.15, 0.2) is 45.7 Å². The van der Waals surface area contributed by atoms with Crippen LogP contribution in [-0.4, -0.2) is 5.11 Å². The highest BCUT2D eigenvalue weighted by molar-refractivity contribution is 9.10. The molecule has 3 nitrogen and oxygen atoms in total. The van der Waals surface area contributed by atoms with Crippen LogP contribution in [-0.2, 0) is 13.1 Å².